The van der Waals surface area contributed by atoms with E-state index in [4.69, 9.17) is 27.8 Å². The first-order chi connectivity index (χ1) is 19.7. The van der Waals surface area contributed by atoms with Crippen LogP contribution in [0.5, 0.6) is 0 Å². The van der Waals surface area contributed by atoms with Crippen molar-refractivity contribution >= 4 is 57.7 Å². The summed E-state index contributed by atoms with van der Waals surface area (Å²) in [7, 11) is 0. The number of anilines is 3. The number of aryl methyl sites for hydroxylation is 2. The Balaban J connectivity index is 1.23. The highest BCUT2D eigenvalue weighted by molar-refractivity contribution is 7.80. The number of nitrogens with one attached hydrogen (secondary N) is 4. The van der Waals surface area contributed by atoms with Crippen molar-refractivity contribution in [2.75, 3.05) is 42.1 Å². The van der Waals surface area contributed by atoms with E-state index in [-0.39, 0.29) is 5.84 Å². The van der Waals surface area contributed by atoms with Gasteiger partial charge in [-0.05, 0) is 86.9 Å². The molecule has 1 aliphatic heterocycles. The Morgan fingerprint density at radius 2 is 1.90 bits per heavy atom. The number of aromatic nitrogens is 2. The molecule has 212 valence electrons. The minimum absolute atomic E-state index is 0.0505. The number of benzene rings is 2. The molecule has 0 saturated carbocycles. The number of likely N-dealkylation sites (tertiary alicyclic amines) is 1. The van der Waals surface area contributed by atoms with Crippen LogP contribution in [-0.4, -0.2) is 52.0 Å². The maximum atomic E-state index is 7.68. The third-order valence-corrected chi connectivity index (χ3v) is 7.51. The second kappa shape index (κ2) is 12.5. The van der Waals surface area contributed by atoms with Crippen LogP contribution in [0.1, 0.15) is 29.5 Å². The summed E-state index contributed by atoms with van der Waals surface area (Å²) < 4.78 is 6.01. The third-order valence-electron chi connectivity index (χ3n) is 7.30. The highest BCUT2D eigenvalue weighted by atomic mass is 32.1. The van der Waals surface area contributed by atoms with Crippen molar-refractivity contribution in [3.63, 3.8) is 0 Å². The van der Waals surface area contributed by atoms with Gasteiger partial charge in [0.1, 0.15) is 23.0 Å². The quantitative estimate of drug-likeness (QED) is 0.0992. The van der Waals surface area contributed by atoms with E-state index in [1.807, 2.05) is 68.4 Å². The van der Waals surface area contributed by atoms with Gasteiger partial charge in [-0.25, -0.2) is 4.98 Å². The first kappa shape index (κ1) is 28.3. The van der Waals surface area contributed by atoms with Crippen molar-refractivity contribution in [3.8, 4) is 0 Å². The number of furan rings is 1. The summed E-state index contributed by atoms with van der Waals surface area (Å²) in [6.45, 7) is 9.96. The molecule has 0 bridgehead atoms. The first-order valence-corrected chi connectivity index (χ1v) is 14.2. The summed E-state index contributed by atoms with van der Waals surface area (Å²) in [6, 6.07) is 17.5. The molecule has 2 unspecified atom stereocenters. The number of hydrogen-bond acceptors (Lipinski definition) is 7. The topological polar surface area (TPSA) is 128 Å². The normalized spacial score (nSPS) is 17.2. The van der Waals surface area contributed by atoms with E-state index in [0.29, 0.717) is 28.5 Å². The van der Waals surface area contributed by atoms with E-state index < -0.39 is 0 Å². The minimum atomic E-state index is 0.0505. The summed E-state index contributed by atoms with van der Waals surface area (Å²) in [5, 5.41) is 18.9. The molecule has 1 aliphatic rings. The van der Waals surface area contributed by atoms with E-state index in [0.717, 1.165) is 60.1 Å². The summed E-state index contributed by atoms with van der Waals surface area (Å²) in [5.74, 6) is 2.81. The van der Waals surface area contributed by atoms with Crippen molar-refractivity contribution < 1.29 is 4.42 Å². The van der Waals surface area contributed by atoms with Gasteiger partial charge in [-0.2, -0.15) is 4.98 Å². The average Bonchev–Trinajstić information content (AvgIpc) is 3.54. The molecule has 0 spiro atoms. The van der Waals surface area contributed by atoms with E-state index >= 15 is 0 Å². The molecule has 1 fully saturated rings. The molecule has 0 radical (unpaired) electrons. The van der Waals surface area contributed by atoms with Gasteiger partial charge in [0.2, 0.25) is 5.95 Å². The fourth-order valence-corrected chi connectivity index (χ4v) is 5.27. The number of nitrogen functional groups attached to an aromatic ring is 1. The number of hydrogen-bond donors (Lipinski definition) is 5. The van der Waals surface area contributed by atoms with E-state index in [9.17, 15) is 0 Å². The number of nitrogens with two attached hydrogens (primary N) is 1. The fraction of sp³-hybridized carbons (Fsp3) is 0.290. The molecule has 2 atom stereocenters. The van der Waals surface area contributed by atoms with Crippen LogP contribution < -0.4 is 21.7 Å². The number of amidine groups is 1. The zero-order chi connectivity index (χ0) is 28.9. The second-order valence-corrected chi connectivity index (χ2v) is 10.9. The lowest BCUT2D eigenvalue weighted by atomic mass is 9.95. The Bertz CT molecular complexity index is 1580. The molecule has 4 aromatic rings. The van der Waals surface area contributed by atoms with Gasteiger partial charge in [-0.3, -0.25) is 5.41 Å². The zero-order valence-corrected chi connectivity index (χ0v) is 24.4. The van der Waals surface area contributed by atoms with Crippen molar-refractivity contribution in [1.82, 2.24) is 14.9 Å². The standard InChI is InChI=1S/C31H36N8OS/c1-4-39-17-22(7-11-26-15-23-14-21(29(32)33)8-12-27(23)40-26)24(18-39)16-34-28-13-20(3)35-30(37-28)38-31(41)36-25-9-5-19(2)6-10-25/h5-15,22,24H,4,16-18H2,1-3H3,(H3,32,33)(H3,34,35,36,37,38,41). The fourth-order valence-electron chi connectivity index (χ4n) is 5.06. The van der Waals surface area contributed by atoms with Gasteiger partial charge >= 0.3 is 0 Å². The Kier molecular flexibility index (Phi) is 8.61. The smallest absolute Gasteiger partial charge is 0.231 e. The lowest BCUT2D eigenvalue weighted by Gasteiger charge is -2.17. The number of thiocarbonyl (C=S) groups is 1. The molecular weight excluding hydrogens is 532 g/mol. The second-order valence-electron chi connectivity index (χ2n) is 10.5. The van der Waals surface area contributed by atoms with Crippen molar-refractivity contribution in [3.05, 3.63) is 83.3 Å². The zero-order valence-electron chi connectivity index (χ0n) is 23.6. The predicted octanol–water partition coefficient (Wildman–Crippen LogP) is 5.63. The lowest BCUT2D eigenvalue weighted by molar-refractivity contribution is 0.343. The SMILES string of the molecule is CCN1CC(C=Cc2cc3cc(C(=N)N)ccc3o2)C(CNc2cc(C)nc(NC(=S)Nc3ccc(C)cc3)n2)C1. The molecular formula is C31H36N8OS. The third kappa shape index (κ3) is 7.27. The molecule has 3 heterocycles. The highest BCUT2D eigenvalue weighted by Crippen LogP contribution is 2.28. The predicted molar refractivity (Wildman–Crippen MR) is 172 cm³/mol. The maximum absolute atomic E-state index is 7.68. The summed E-state index contributed by atoms with van der Waals surface area (Å²) >= 11 is 5.48. The molecule has 2 aromatic heterocycles. The Labute approximate surface area is 245 Å². The average molecular weight is 569 g/mol. The summed E-state index contributed by atoms with van der Waals surface area (Å²) in [6.07, 6.45) is 4.31. The minimum Gasteiger partial charge on any atom is -0.457 e. The van der Waals surface area contributed by atoms with Gasteiger partial charge in [-0.15, -0.1) is 0 Å². The molecule has 0 aliphatic carbocycles. The maximum Gasteiger partial charge on any atom is 0.231 e. The van der Waals surface area contributed by atoms with Gasteiger partial charge in [-0.1, -0.05) is 30.7 Å². The Hall–Kier alpha value is -4.28. The lowest BCUT2D eigenvalue weighted by Crippen LogP contribution is -2.24. The molecule has 1 saturated heterocycles. The van der Waals surface area contributed by atoms with E-state index in [2.05, 4.69) is 49.9 Å². The van der Waals surface area contributed by atoms with Crippen LogP contribution in [0.3, 0.4) is 0 Å². The van der Waals surface area contributed by atoms with Gasteiger partial charge < -0.3 is 31.0 Å². The van der Waals surface area contributed by atoms with Crippen LogP contribution in [0.25, 0.3) is 17.0 Å². The molecule has 0 amide bonds. The Morgan fingerprint density at radius 3 is 2.66 bits per heavy atom. The van der Waals surface area contributed by atoms with Crippen molar-refractivity contribution in [2.45, 2.75) is 20.8 Å². The number of nitrogens with zero attached hydrogens (tertiary/aromatic N) is 3. The molecule has 10 heteroatoms. The summed E-state index contributed by atoms with van der Waals surface area (Å²) in [5.41, 5.74) is 10.1. The van der Waals surface area contributed by atoms with Gasteiger partial charge in [0.15, 0.2) is 5.11 Å². The molecule has 6 N–H and O–H groups in total. The summed E-state index contributed by atoms with van der Waals surface area (Å²) in [4.78, 5) is 11.6. The van der Waals surface area contributed by atoms with Crippen LogP contribution in [0.15, 0.2) is 65.1 Å². The monoisotopic (exact) mass is 568 g/mol. The molecule has 9 nitrogen and oxygen atoms in total. The van der Waals surface area contributed by atoms with Gasteiger partial charge in [0.05, 0.1) is 0 Å². The highest BCUT2D eigenvalue weighted by Gasteiger charge is 2.30. The van der Waals surface area contributed by atoms with Crippen LogP contribution in [0.2, 0.25) is 0 Å². The molecule has 2 aromatic carbocycles. The van der Waals surface area contributed by atoms with Gasteiger partial charge in [0, 0.05) is 48.0 Å². The largest absolute Gasteiger partial charge is 0.457 e. The Morgan fingerprint density at radius 1 is 1.10 bits per heavy atom. The van der Waals surface area contributed by atoms with E-state index in [1.165, 1.54) is 5.56 Å². The van der Waals surface area contributed by atoms with E-state index in [1.54, 1.807) is 0 Å². The first-order valence-electron chi connectivity index (χ1n) is 13.8. The van der Waals surface area contributed by atoms with Gasteiger partial charge in [0.25, 0.3) is 0 Å². The number of rotatable bonds is 9. The van der Waals surface area contributed by atoms with Crippen molar-refractivity contribution in [1.29, 1.82) is 5.41 Å². The number of fused-ring (bicyclic) bond motifs is 1. The van der Waals surface area contributed by atoms with Crippen LogP contribution >= 0.6 is 12.2 Å². The molecule has 41 heavy (non-hydrogen) atoms. The van der Waals surface area contributed by atoms with Crippen LogP contribution in [0, 0.1) is 31.1 Å². The van der Waals surface area contributed by atoms with Crippen LogP contribution in [-0.2, 0) is 0 Å². The molecule has 5 rings (SSSR count). The van der Waals surface area contributed by atoms with Crippen LogP contribution in [0.4, 0.5) is 17.5 Å². The van der Waals surface area contributed by atoms with Crippen molar-refractivity contribution in [2.24, 2.45) is 17.6 Å².